The van der Waals surface area contributed by atoms with Crippen LogP contribution in [0.1, 0.15) is 0 Å². The van der Waals surface area contributed by atoms with Crippen LogP contribution in [-0.4, -0.2) is 23.3 Å². The molecule has 1 heterocycles. The Bertz CT molecular complexity index is 534. The van der Waals surface area contributed by atoms with Crippen LogP contribution in [0.25, 0.3) is 0 Å². The number of hydrogen-bond donors (Lipinski definition) is 0. The number of rotatable bonds is 4. The Morgan fingerprint density at radius 3 is 2.50 bits per heavy atom. The summed E-state index contributed by atoms with van der Waals surface area (Å²) in [6, 6.07) is 9.56. The highest BCUT2D eigenvalue weighted by Crippen LogP contribution is 2.29. The fraction of sp³-hybridized carbons (Fsp3) is 0.167. The molecule has 0 amide bonds. The van der Waals surface area contributed by atoms with Crippen molar-refractivity contribution in [1.29, 1.82) is 0 Å². The van der Waals surface area contributed by atoms with E-state index in [0.29, 0.717) is 10.3 Å². The summed E-state index contributed by atoms with van der Waals surface area (Å²) >= 11 is 8.96. The van der Waals surface area contributed by atoms with Crippen molar-refractivity contribution in [3.05, 3.63) is 35.5 Å². The lowest BCUT2D eigenvalue weighted by atomic mass is 10.3. The molecule has 0 saturated carbocycles. The maximum Gasteiger partial charge on any atom is 0.189 e. The maximum absolute atomic E-state index is 5.94. The van der Waals surface area contributed by atoms with E-state index < -0.39 is 0 Å². The van der Waals surface area contributed by atoms with Gasteiger partial charge in [0.15, 0.2) is 5.16 Å². The fourth-order valence-corrected chi connectivity index (χ4v) is 2.84. The highest BCUT2D eigenvalue weighted by molar-refractivity contribution is 7.99. The van der Waals surface area contributed by atoms with Crippen LogP contribution in [0.15, 0.2) is 45.4 Å². The monoisotopic (exact) mass is 298 g/mol. The summed E-state index contributed by atoms with van der Waals surface area (Å²) in [5.74, 6) is 0.838. The summed E-state index contributed by atoms with van der Waals surface area (Å²) in [5, 5.41) is 1.98. The van der Waals surface area contributed by atoms with Crippen molar-refractivity contribution < 1.29 is 4.74 Å². The van der Waals surface area contributed by atoms with Crippen molar-refractivity contribution in [3.8, 4) is 5.75 Å². The van der Waals surface area contributed by atoms with Crippen molar-refractivity contribution in [2.45, 2.75) is 15.1 Å². The molecule has 3 nitrogen and oxygen atoms in total. The van der Waals surface area contributed by atoms with Gasteiger partial charge in [0.25, 0.3) is 0 Å². The number of aromatic nitrogens is 2. The van der Waals surface area contributed by atoms with Crippen molar-refractivity contribution in [1.82, 2.24) is 9.97 Å². The average molecular weight is 299 g/mol. The predicted octanol–water partition coefficient (Wildman–Crippen LogP) is 4.01. The van der Waals surface area contributed by atoms with Crippen LogP contribution in [0, 0.1) is 0 Å². The second kappa shape index (κ2) is 6.31. The van der Waals surface area contributed by atoms with Crippen LogP contribution < -0.4 is 4.74 Å². The van der Waals surface area contributed by atoms with Crippen molar-refractivity contribution in [3.63, 3.8) is 0 Å². The second-order valence-electron chi connectivity index (χ2n) is 3.29. The summed E-state index contributed by atoms with van der Waals surface area (Å²) in [6.07, 6.45) is 1.92. The normalized spacial score (nSPS) is 10.4. The second-order valence-corrected chi connectivity index (χ2v) is 5.55. The van der Waals surface area contributed by atoms with E-state index in [-0.39, 0.29) is 0 Å². The SMILES string of the molecule is COc1ccc(Sc2cc(Cl)nc(SC)n2)cc1. The third kappa shape index (κ3) is 3.54. The number of benzene rings is 1. The van der Waals surface area contributed by atoms with Gasteiger partial charge in [-0.1, -0.05) is 35.1 Å². The quantitative estimate of drug-likeness (QED) is 0.484. The predicted molar refractivity (Wildman–Crippen MR) is 75.9 cm³/mol. The molecule has 0 aliphatic carbocycles. The number of methoxy groups -OCH3 is 1. The van der Waals surface area contributed by atoms with Gasteiger partial charge in [-0.05, 0) is 30.5 Å². The van der Waals surface area contributed by atoms with Crippen LogP contribution in [0.3, 0.4) is 0 Å². The van der Waals surface area contributed by atoms with Gasteiger partial charge in [-0.25, -0.2) is 9.97 Å². The van der Waals surface area contributed by atoms with E-state index in [1.165, 1.54) is 11.8 Å². The minimum absolute atomic E-state index is 0.463. The molecular formula is C12H11ClN2OS2. The van der Waals surface area contributed by atoms with Crippen LogP contribution in [0.4, 0.5) is 0 Å². The molecule has 0 aliphatic rings. The molecule has 2 rings (SSSR count). The summed E-state index contributed by atoms with van der Waals surface area (Å²) < 4.78 is 5.12. The molecular weight excluding hydrogens is 288 g/mol. The highest BCUT2D eigenvalue weighted by Gasteiger charge is 2.04. The zero-order valence-corrected chi connectivity index (χ0v) is 12.3. The zero-order valence-electron chi connectivity index (χ0n) is 9.88. The molecule has 94 valence electrons. The van der Waals surface area contributed by atoms with Crippen LogP contribution in [0.5, 0.6) is 5.75 Å². The van der Waals surface area contributed by atoms with E-state index in [4.69, 9.17) is 16.3 Å². The van der Waals surface area contributed by atoms with Crippen LogP contribution in [-0.2, 0) is 0 Å². The van der Waals surface area contributed by atoms with Gasteiger partial charge >= 0.3 is 0 Å². The molecule has 2 aromatic rings. The number of halogens is 1. The van der Waals surface area contributed by atoms with Gasteiger partial charge < -0.3 is 4.74 Å². The first-order valence-electron chi connectivity index (χ1n) is 5.12. The minimum atomic E-state index is 0.463. The lowest BCUT2D eigenvalue weighted by molar-refractivity contribution is 0.414. The molecule has 1 aromatic carbocycles. The molecule has 0 radical (unpaired) electrons. The standard InChI is InChI=1S/C12H11ClN2OS2/c1-16-8-3-5-9(6-4-8)18-11-7-10(13)14-12(15-11)17-2/h3-7H,1-2H3. The third-order valence-corrected chi connectivity index (χ3v) is 3.78. The molecule has 0 aliphatic heterocycles. The molecule has 6 heteroatoms. The maximum atomic E-state index is 5.94. The smallest absolute Gasteiger partial charge is 0.189 e. The Labute approximate surface area is 119 Å². The summed E-state index contributed by atoms with van der Waals surface area (Å²) in [7, 11) is 1.65. The number of nitrogens with zero attached hydrogens (tertiary/aromatic N) is 2. The molecule has 0 N–H and O–H groups in total. The molecule has 0 atom stereocenters. The summed E-state index contributed by atoms with van der Waals surface area (Å²) in [4.78, 5) is 9.58. The molecule has 0 unspecified atom stereocenters. The van der Waals surface area contributed by atoms with E-state index in [9.17, 15) is 0 Å². The lowest BCUT2D eigenvalue weighted by Gasteiger charge is -2.04. The van der Waals surface area contributed by atoms with Gasteiger partial charge in [0.1, 0.15) is 15.9 Å². The molecule has 0 saturated heterocycles. The topological polar surface area (TPSA) is 35.0 Å². The summed E-state index contributed by atoms with van der Waals surface area (Å²) in [6.45, 7) is 0. The van der Waals surface area contributed by atoms with Gasteiger partial charge in [0.2, 0.25) is 0 Å². The van der Waals surface area contributed by atoms with Gasteiger partial charge in [-0.3, -0.25) is 0 Å². The van der Waals surface area contributed by atoms with E-state index in [1.54, 1.807) is 24.9 Å². The van der Waals surface area contributed by atoms with E-state index in [0.717, 1.165) is 15.7 Å². The van der Waals surface area contributed by atoms with Crippen LogP contribution >= 0.6 is 35.1 Å². The molecule has 0 fully saturated rings. The Morgan fingerprint density at radius 1 is 1.17 bits per heavy atom. The largest absolute Gasteiger partial charge is 0.497 e. The third-order valence-electron chi connectivity index (χ3n) is 2.12. The first-order valence-corrected chi connectivity index (χ1v) is 7.53. The average Bonchev–Trinajstić information content (AvgIpc) is 2.39. The van der Waals surface area contributed by atoms with Gasteiger partial charge in [0.05, 0.1) is 7.11 Å². The minimum Gasteiger partial charge on any atom is -0.497 e. The number of hydrogen-bond acceptors (Lipinski definition) is 5. The molecule has 0 spiro atoms. The molecule has 1 aromatic heterocycles. The molecule has 18 heavy (non-hydrogen) atoms. The Kier molecular flexibility index (Phi) is 4.74. The van der Waals surface area contributed by atoms with Gasteiger partial charge in [-0.15, -0.1) is 0 Å². The van der Waals surface area contributed by atoms with Crippen molar-refractivity contribution >= 4 is 35.1 Å². The highest BCUT2D eigenvalue weighted by atomic mass is 35.5. The first-order chi connectivity index (χ1) is 8.71. The Hall–Kier alpha value is -0.910. The fourth-order valence-electron chi connectivity index (χ4n) is 1.29. The Morgan fingerprint density at radius 2 is 1.89 bits per heavy atom. The first kappa shape index (κ1) is 13.5. The lowest BCUT2D eigenvalue weighted by Crippen LogP contribution is -1.89. The van der Waals surface area contributed by atoms with Crippen molar-refractivity contribution in [2.75, 3.05) is 13.4 Å². The van der Waals surface area contributed by atoms with Gasteiger partial charge in [-0.2, -0.15) is 0 Å². The van der Waals surface area contributed by atoms with Gasteiger partial charge in [0, 0.05) is 11.0 Å². The van der Waals surface area contributed by atoms with Crippen molar-refractivity contribution in [2.24, 2.45) is 0 Å². The Balaban J connectivity index is 2.19. The van der Waals surface area contributed by atoms with E-state index in [1.807, 2.05) is 30.5 Å². The van der Waals surface area contributed by atoms with E-state index in [2.05, 4.69) is 9.97 Å². The molecule has 0 bridgehead atoms. The zero-order chi connectivity index (χ0) is 13.0. The summed E-state index contributed by atoms with van der Waals surface area (Å²) in [5.41, 5.74) is 0. The van der Waals surface area contributed by atoms with Crippen LogP contribution in [0.2, 0.25) is 5.15 Å². The number of ether oxygens (including phenoxy) is 1. The number of thioether (sulfide) groups is 1. The van der Waals surface area contributed by atoms with E-state index >= 15 is 0 Å².